The lowest BCUT2D eigenvalue weighted by molar-refractivity contribution is 0.579. The largest absolute Gasteiger partial charge is 0.455 e. The summed E-state index contributed by atoms with van der Waals surface area (Å²) in [6.45, 7) is 6.94. The van der Waals surface area contributed by atoms with E-state index < -0.39 is 11.6 Å². The molecule has 0 aliphatic heterocycles. The van der Waals surface area contributed by atoms with Crippen molar-refractivity contribution in [1.82, 2.24) is 0 Å². The van der Waals surface area contributed by atoms with Crippen LogP contribution in [-0.2, 0) is 0 Å². The number of fused-ring (bicyclic) bond motifs is 6. The molecule has 4 atom stereocenters. The molecule has 0 radical (unpaired) electrons. The highest BCUT2D eigenvalue weighted by atomic mass is 31.0. The summed E-state index contributed by atoms with van der Waals surface area (Å²) in [5.41, 5.74) is 5.18. The topological polar surface area (TPSA) is 97.7 Å². The van der Waals surface area contributed by atoms with Crippen molar-refractivity contribution in [2.45, 2.75) is 45.6 Å². The zero-order valence-corrected chi connectivity index (χ0v) is 31.6. The van der Waals surface area contributed by atoms with Gasteiger partial charge in [0.1, 0.15) is 73.2 Å². The van der Waals surface area contributed by atoms with Gasteiger partial charge >= 0.3 is 0 Å². The molecule has 0 saturated heterocycles. The van der Waals surface area contributed by atoms with Crippen LogP contribution in [-0.4, -0.2) is 21.4 Å². The Morgan fingerprint density at radius 1 is 0.846 bits per heavy atom. The van der Waals surface area contributed by atoms with Crippen LogP contribution < -0.4 is 21.2 Å². The lowest BCUT2D eigenvalue weighted by Gasteiger charge is -2.31. The van der Waals surface area contributed by atoms with Crippen molar-refractivity contribution in [3.8, 4) is 29.3 Å². The molecule has 1 aliphatic carbocycles. The van der Waals surface area contributed by atoms with Gasteiger partial charge in [-0.1, -0.05) is 24.6 Å². The molecule has 12 heteroatoms. The fourth-order valence-corrected chi connectivity index (χ4v) is 8.75. The minimum atomic E-state index is -0.668. The van der Waals surface area contributed by atoms with Gasteiger partial charge in [-0.05, 0) is 96.2 Å². The first-order valence-corrected chi connectivity index (χ1v) is 17.9. The van der Waals surface area contributed by atoms with Gasteiger partial charge in [0.2, 0.25) is 0 Å². The zero-order chi connectivity index (χ0) is 37.5. The summed E-state index contributed by atoms with van der Waals surface area (Å²) in [5.74, 6) is -1.73. The van der Waals surface area contributed by atoms with E-state index in [0.29, 0.717) is 77.8 Å². The van der Waals surface area contributed by atoms with E-state index in [2.05, 4.69) is 24.5 Å². The molecule has 2 heterocycles. The van der Waals surface area contributed by atoms with Crippen LogP contribution in [0.5, 0.6) is 0 Å². The Balaban J connectivity index is 1.65. The Kier molecular flexibility index (Phi) is 8.75. The van der Waals surface area contributed by atoms with Gasteiger partial charge in [-0.2, -0.15) is 15.8 Å². The number of hydrogen-bond acceptors (Lipinski definition) is 5. The molecule has 0 amide bonds. The summed E-state index contributed by atoms with van der Waals surface area (Å²) in [4.78, 5) is 0. The van der Waals surface area contributed by atoms with Crippen molar-refractivity contribution in [3.05, 3.63) is 86.6 Å². The second-order valence-corrected chi connectivity index (χ2v) is 14.6. The lowest BCUT2D eigenvalue weighted by atomic mass is 9.69. The molecule has 2 aromatic heterocycles. The van der Waals surface area contributed by atoms with Gasteiger partial charge in [0.25, 0.3) is 0 Å². The van der Waals surface area contributed by atoms with Gasteiger partial charge in [0.05, 0.1) is 11.3 Å². The average molecular weight is 725 g/mol. The fourth-order valence-electron chi connectivity index (χ4n) is 7.71. The van der Waals surface area contributed by atoms with Gasteiger partial charge in [-0.25, -0.2) is 13.2 Å². The Bertz CT molecular complexity index is 2910. The Morgan fingerprint density at radius 3 is 1.98 bits per heavy atom. The summed E-state index contributed by atoms with van der Waals surface area (Å²) in [6.07, 6.45) is 0.327. The molecule has 0 bridgehead atoms. The van der Waals surface area contributed by atoms with Crippen molar-refractivity contribution in [2.24, 2.45) is 0 Å². The van der Waals surface area contributed by atoms with Gasteiger partial charge in [-0.3, -0.25) is 0 Å². The van der Waals surface area contributed by atoms with Crippen LogP contribution in [0.2, 0.25) is 5.82 Å². The van der Waals surface area contributed by atoms with E-state index >= 15 is 13.2 Å². The van der Waals surface area contributed by atoms with Crippen molar-refractivity contribution >= 4 is 106 Å². The molecule has 4 unspecified atom stereocenters. The van der Waals surface area contributed by atoms with Crippen molar-refractivity contribution in [1.29, 1.82) is 15.8 Å². The van der Waals surface area contributed by atoms with E-state index in [1.807, 2.05) is 39.9 Å². The van der Waals surface area contributed by atoms with Gasteiger partial charge in [0, 0.05) is 43.2 Å². The van der Waals surface area contributed by atoms with E-state index in [1.54, 1.807) is 45.1 Å². The van der Waals surface area contributed by atoms with Gasteiger partial charge < -0.3 is 8.83 Å². The van der Waals surface area contributed by atoms with Crippen molar-refractivity contribution < 1.29 is 22.0 Å². The second kappa shape index (κ2) is 12.9. The van der Waals surface area contributed by atoms with Crippen LogP contribution in [0.25, 0.3) is 71.7 Å². The van der Waals surface area contributed by atoms with Crippen LogP contribution in [0.4, 0.5) is 13.2 Å². The maximum Gasteiger partial charge on any atom is 0.146 e. The van der Waals surface area contributed by atoms with Gasteiger partial charge in [-0.15, -0.1) is 18.5 Å². The molecule has 0 spiro atoms. The molecule has 4 aromatic carbocycles. The third-order valence-electron chi connectivity index (χ3n) is 10.7. The quantitative estimate of drug-likeness (QED) is 0.154. The molecular formula is C40H30B2F3N3O2P2. The number of nitrogens with zero attached hydrogens (tertiary/aromatic N) is 3. The lowest BCUT2D eigenvalue weighted by Crippen LogP contribution is -2.23. The Labute approximate surface area is 304 Å². The number of nitriles is 3. The highest BCUT2D eigenvalue weighted by Crippen LogP contribution is 2.46. The average Bonchev–Trinajstić information content (AvgIpc) is 3.71. The highest BCUT2D eigenvalue weighted by molar-refractivity contribution is 7.28. The highest BCUT2D eigenvalue weighted by Gasteiger charge is 2.31. The summed E-state index contributed by atoms with van der Waals surface area (Å²) in [6, 6.07) is 16.9. The molecule has 52 heavy (non-hydrogen) atoms. The molecule has 254 valence electrons. The third-order valence-corrected chi connectivity index (χ3v) is 12.3. The summed E-state index contributed by atoms with van der Waals surface area (Å²) < 4.78 is 59.2. The van der Waals surface area contributed by atoms with E-state index in [4.69, 9.17) is 8.83 Å². The van der Waals surface area contributed by atoms with E-state index in [-0.39, 0.29) is 55.6 Å². The van der Waals surface area contributed by atoms with Crippen LogP contribution in [0.15, 0.2) is 62.2 Å². The van der Waals surface area contributed by atoms with E-state index in [0.717, 1.165) is 5.57 Å². The first-order chi connectivity index (χ1) is 24.8. The predicted molar refractivity (Wildman–Crippen MR) is 214 cm³/mol. The monoisotopic (exact) mass is 725 g/mol. The number of rotatable bonds is 3. The number of hydrogen-bond donors (Lipinski definition) is 0. The maximum absolute atomic E-state index is 15.9. The summed E-state index contributed by atoms with van der Waals surface area (Å²) in [7, 11) is 8.75. The molecular weight excluding hydrogens is 695 g/mol. The zero-order valence-electron chi connectivity index (χ0n) is 29.3. The Hall–Kier alpha value is -5.05. The van der Waals surface area contributed by atoms with Crippen LogP contribution in [0.1, 0.15) is 38.3 Å². The smallest absolute Gasteiger partial charge is 0.146 e. The van der Waals surface area contributed by atoms with Crippen LogP contribution >= 0.6 is 18.5 Å². The molecule has 1 aliphatic rings. The number of allylic oxidation sites excluding steroid dienone is 4. The molecule has 6 aromatic rings. The normalized spacial score (nSPS) is 16.9. The fraction of sp³-hybridized carbons (Fsp3) is 0.175. The molecule has 0 fully saturated rings. The molecule has 0 N–H and O–H groups in total. The minimum absolute atomic E-state index is 0.0381. The van der Waals surface area contributed by atoms with Crippen molar-refractivity contribution in [3.63, 3.8) is 0 Å². The maximum atomic E-state index is 15.9. The number of benzene rings is 4. The number of halogens is 3. The van der Waals surface area contributed by atoms with Crippen LogP contribution in [0, 0.1) is 52.6 Å². The molecule has 5 nitrogen and oxygen atoms in total. The van der Waals surface area contributed by atoms with Gasteiger partial charge in [0.15, 0.2) is 0 Å². The standard InChI is InChI=1S/C40H30B2F3N3O2P2/c1-5-18(12-46)26-30-22-9-7-20(29-32(41)35(44)17(4)36(45)40(29)52)11-25(22)50-38(30)27(21(13-47)14-48)31-23-8-6-19(10-24(23)49-37(26)31)28-33(42)39(51)16(3)15(2)34(28)43/h6-11,33,39H,5,41-42,51-52H2,1-4H3/b26-18-. The summed E-state index contributed by atoms with van der Waals surface area (Å²) in [5, 5.41) is 33.8. The number of furan rings is 2. The summed E-state index contributed by atoms with van der Waals surface area (Å²) >= 11 is 0. The Morgan fingerprint density at radius 2 is 1.40 bits per heavy atom. The first-order valence-electron chi connectivity index (χ1n) is 16.7. The van der Waals surface area contributed by atoms with Crippen molar-refractivity contribution in [2.75, 3.05) is 0 Å². The van der Waals surface area contributed by atoms with E-state index in [9.17, 15) is 15.8 Å². The minimum Gasteiger partial charge on any atom is -0.455 e. The first kappa shape index (κ1) is 35.4. The van der Waals surface area contributed by atoms with Crippen LogP contribution in [0.3, 0.4) is 0 Å². The molecule has 7 rings (SSSR count). The molecule has 0 saturated carbocycles. The SMILES string of the molecule is Bc1c(F)c(C)c(F)c(P)c1-c1ccc2c(c1)oc1c(=C(C#N)C#N)c3c(oc4cc(C5=C(F)C(C)=C(C)C(P)C5B)ccc43)/c(=C(\C#N)CC)c12. The predicted octanol–water partition coefficient (Wildman–Crippen LogP) is 6.48. The second-order valence-electron chi connectivity index (χ2n) is 13.3. The van der Waals surface area contributed by atoms with E-state index in [1.165, 1.54) is 6.92 Å². The third kappa shape index (κ3) is 4.91.